The molecule has 1 N–H and O–H groups in total. The van der Waals surface area contributed by atoms with Gasteiger partial charge >= 0.3 is 6.61 Å². The van der Waals surface area contributed by atoms with Crippen molar-refractivity contribution in [2.24, 2.45) is 5.10 Å². The van der Waals surface area contributed by atoms with Gasteiger partial charge in [-0.25, -0.2) is 5.43 Å². The summed E-state index contributed by atoms with van der Waals surface area (Å²) >= 11 is 0. The first-order chi connectivity index (χ1) is 12.0. The number of hydrogen-bond acceptors (Lipinski definition) is 5. The molecular weight excluding hydrogens is 334 g/mol. The van der Waals surface area contributed by atoms with E-state index >= 15 is 0 Å². The molecular formula is C17H16F2N2O4. The van der Waals surface area contributed by atoms with E-state index in [-0.39, 0.29) is 5.75 Å². The molecule has 0 aromatic heterocycles. The average molecular weight is 350 g/mol. The molecule has 6 nitrogen and oxygen atoms in total. The second-order valence-electron chi connectivity index (χ2n) is 4.69. The maximum atomic E-state index is 12.3. The van der Waals surface area contributed by atoms with E-state index in [4.69, 9.17) is 9.47 Å². The maximum Gasteiger partial charge on any atom is 0.387 e. The second kappa shape index (κ2) is 8.62. The molecule has 0 fully saturated rings. The molecule has 0 aliphatic rings. The molecule has 2 aromatic rings. The van der Waals surface area contributed by atoms with Gasteiger partial charge in [-0.1, -0.05) is 12.1 Å². The number of para-hydroxylation sites is 1. The van der Waals surface area contributed by atoms with Gasteiger partial charge < -0.3 is 14.2 Å². The van der Waals surface area contributed by atoms with Crippen molar-refractivity contribution in [3.63, 3.8) is 0 Å². The number of amides is 1. The maximum absolute atomic E-state index is 12.3. The van der Waals surface area contributed by atoms with Crippen LogP contribution in [-0.4, -0.2) is 33.0 Å². The number of nitrogens with one attached hydrogen (secondary N) is 1. The minimum absolute atomic E-state index is 0.0402. The summed E-state index contributed by atoms with van der Waals surface area (Å²) in [6, 6.07) is 10.7. The van der Waals surface area contributed by atoms with Gasteiger partial charge in [0.05, 0.1) is 20.4 Å². The predicted octanol–water partition coefficient (Wildman–Crippen LogP) is 3.07. The Morgan fingerprint density at radius 3 is 2.48 bits per heavy atom. The van der Waals surface area contributed by atoms with E-state index in [1.165, 1.54) is 38.6 Å². The van der Waals surface area contributed by atoms with Crippen molar-refractivity contribution in [2.45, 2.75) is 6.61 Å². The number of alkyl halides is 2. The number of carbonyl (C=O) groups is 1. The summed E-state index contributed by atoms with van der Waals surface area (Å²) in [6.45, 7) is -2.95. The molecule has 0 heterocycles. The third-order valence-electron chi connectivity index (χ3n) is 3.15. The van der Waals surface area contributed by atoms with Gasteiger partial charge in [0.1, 0.15) is 5.75 Å². The van der Waals surface area contributed by atoms with Crippen molar-refractivity contribution in [1.82, 2.24) is 5.43 Å². The standard InChI is InChI=1S/C17H16F2N2O4/c1-23-14-8-7-11(9-15(14)24-2)16(22)21-20-10-12-5-3-4-6-13(12)25-17(18)19/h3-10,17H,1-2H3,(H,21,22). The fourth-order valence-electron chi connectivity index (χ4n) is 1.99. The number of ether oxygens (including phenoxy) is 3. The highest BCUT2D eigenvalue weighted by Crippen LogP contribution is 2.27. The van der Waals surface area contributed by atoms with Gasteiger partial charge in [0.15, 0.2) is 11.5 Å². The minimum Gasteiger partial charge on any atom is -0.493 e. The number of hydrazone groups is 1. The minimum atomic E-state index is -2.95. The number of carbonyl (C=O) groups excluding carboxylic acids is 1. The van der Waals surface area contributed by atoms with E-state index in [0.29, 0.717) is 22.6 Å². The van der Waals surface area contributed by atoms with Crippen LogP contribution in [0.2, 0.25) is 0 Å². The van der Waals surface area contributed by atoms with E-state index in [2.05, 4.69) is 15.3 Å². The van der Waals surface area contributed by atoms with Crippen LogP contribution < -0.4 is 19.6 Å². The normalized spacial score (nSPS) is 10.8. The van der Waals surface area contributed by atoms with Crippen LogP contribution in [0.5, 0.6) is 17.2 Å². The van der Waals surface area contributed by atoms with Gasteiger partial charge in [-0.3, -0.25) is 4.79 Å². The van der Waals surface area contributed by atoms with Crippen molar-refractivity contribution in [3.05, 3.63) is 53.6 Å². The van der Waals surface area contributed by atoms with Gasteiger partial charge in [-0.15, -0.1) is 0 Å². The third kappa shape index (κ3) is 4.90. The second-order valence-corrected chi connectivity index (χ2v) is 4.69. The highest BCUT2D eigenvalue weighted by atomic mass is 19.3. The van der Waals surface area contributed by atoms with Crippen LogP contribution in [0.25, 0.3) is 0 Å². The summed E-state index contributed by atoms with van der Waals surface area (Å²) in [5.41, 5.74) is 2.91. The van der Waals surface area contributed by atoms with Crippen LogP contribution in [0.3, 0.4) is 0 Å². The van der Waals surface area contributed by atoms with E-state index in [1.54, 1.807) is 24.3 Å². The topological polar surface area (TPSA) is 69.2 Å². The number of nitrogens with zero attached hydrogens (tertiary/aromatic N) is 1. The first-order valence-electron chi connectivity index (χ1n) is 7.14. The molecule has 0 saturated carbocycles. The lowest BCUT2D eigenvalue weighted by molar-refractivity contribution is -0.0499. The molecule has 8 heteroatoms. The number of halogens is 2. The molecule has 25 heavy (non-hydrogen) atoms. The highest BCUT2D eigenvalue weighted by molar-refractivity contribution is 5.95. The summed E-state index contributed by atoms with van der Waals surface area (Å²) in [6.07, 6.45) is 1.22. The Balaban J connectivity index is 2.09. The van der Waals surface area contributed by atoms with Crippen molar-refractivity contribution in [3.8, 4) is 17.2 Å². The Bertz CT molecular complexity index is 766. The Hall–Kier alpha value is -3.16. The van der Waals surface area contributed by atoms with Crippen LogP contribution in [0.1, 0.15) is 15.9 Å². The van der Waals surface area contributed by atoms with Gasteiger partial charge in [-0.05, 0) is 30.3 Å². The quantitative estimate of drug-likeness (QED) is 0.615. The van der Waals surface area contributed by atoms with Gasteiger partial charge in [0.2, 0.25) is 0 Å². The van der Waals surface area contributed by atoms with Crippen LogP contribution in [0.15, 0.2) is 47.6 Å². The molecule has 0 spiro atoms. The molecule has 0 aliphatic heterocycles. The number of rotatable bonds is 7. The fraction of sp³-hybridized carbons (Fsp3) is 0.176. The Kier molecular flexibility index (Phi) is 6.27. The smallest absolute Gasteiger partial charge is 0.387 e. The van der Waals surface area contributed by atoms with Crippen LogP contribution in [0, 0.1) is 0 Å². The zero-order valence-corrected chi connectivity index (χ0v) is 13.5. The molecule has 1 amide bonds. The Morgan fingerprint density at radius 1 is 1.08 bits per heavy atom. The molecule has 0 bridgehead atoms. The lowest BCUT2D eigenvalue weighted by Crippen LogP contribution is -2.17. The summed E-state index contributed by atoms with van der Waals surface area (Å²) in [5.74, 6) is 0.349. The number of hydrogen-bond donors (Lipinski definition) is 1. The summed E-state index contributed by atoms with van der Waals surface area (Å²) in [4.78, 5) is 12.1. The molecule has 2 aromatic carbocycles. The van der Waals surface area contributed by atoms with Crippen molar-refractivity contribution >= 4 is 12.1 Å². The van der Waals surface area contributed by atoms with Crippen molar-refractivity contribution in [2.75, 3.05) is 14.2 Å². The largest absolute Gasteiger partial charge is 0.493 e. The van der Waals surface area contributed by atoms with E-state index in [9.17, 15) is 13.6 Å². The molecule has 0 unspecified atom stereocenters. The first-order valence-corrected chi connectivity index (χ1v) is 7.14. The van der Waals surface area contributed by atoms with Gasteiger partial charge in [0.25, 0.3) is 5.91 Å². The lowest BCUT2D eigenvalue weighted by Gasteiger charge is -2.09. The summed E-state index contributed by atoms with van der Waals surface area (Å²) < 4.78 is 39.3. The van der Waals surface area contributed by atoms with E-state index < -0.39 is 12.5 Å². The van der Waals surface area contributed by atoms with Crippen LogP contribution >= 0.6 is 0 Å². The Morgan fingerprint density at radius 2 is 1.80 bits per heavy atom. The fourth-order valence-corrected chi connectivity index (χ4v) is 1.99. The van der Waals surface area contributed by atoms with Gasteiger partial charge in [0, 0.05) is 11.1 Å². The monoisotopic (exact) mass is 350 g/mol. The third-order valence-corrected chi connectivity index (χ3v) is 3.15. The average Bonchev–Trinajstić information content (AvgIpc) is 2.62. The first kappa shape index (κ1) is 18.2. The number of methoxy groups -OCH3 is 2. The highest BCUT2D eigenvalue weighted by Gasteiger charge is 2.10. The molecule has 0 atom stereocenters. The van der Waals surface area contributed by atoms with Gasteiger partial charge in [-0.2, -0.15) is 13.9 Å². The van der Waals surface area contributed by atoms with Crippen molar-refractivity contribution in [1.29, 1.82) is 0 Å². The molecule has 132 valence electrons. The predicted molar refractivity (Wildman–Crippen MR) is 87.7 cm³/mol. The Labute approximate surface area is 143 Å². The summed E-state index contributed by atoms with van der Waals surface area (Å²) in [5, 5.41) is 3.76. The molecule has 2 rings (SSSR count). The van der Waals surface area contributed by atoms with Crippen LogP contribution in [-0.2, 0) is 0 Å². The lowest BCUT2D eigenvalue weighted by atomic mass is 10.2. The zero-order chi connectivity index (χ0) is 18.2. The molecule has 0 radical (unpaired) electrons. The SMILES string of the molecule is COc1ccc(C(=O)NN=Cc2ccccc2OC(F)F)cc1OC. The van der Waals surface area contributed by atoms with Crippen LogP contribution in [0.4, 0.5) is 8.78 Å². The van der Waals surface area contributed by atoms with E-state index in [0.717, 1.165) is 0 Å². The number of benzene rings is 2. The zero-order valence-electron chi connectivity index (χ0n) is 13.5. The summed E-state index contributed by atoms with van der Waals surface area (Å²) in [7, 11) is 2.94. The molecule has 0 aliphatic carbocycles. The van der Waals surface area contributed by atoms with E-state index in [1.807, 2.05) is 0 Å². The molecule has 0 saturated heterocycles. The van der Waals surface area contributed by atoms with Crippen molar-refractivity contribution < 1.29 is 27.8 Å².